The number of nitrogens with two attached hydrogens (primary N) is 1. The summed E-state index contributed by atoms with van der Waals surface area (Å²) in [6.45, 7) is 8.67. The standard InChI is InChI=1S/C15H24N4O2/c1-15(2,3)21-14(20)19-8-4-7-18(9-10-19)12-5-6-17-13(16)11-12/h5-6,11H,4,7-10H2,1-3H3,(H2,16,17). The van der Waals surface area contributed by atoms with Crippen LogP contribution in [0.25, 0.3) is 0 Å². The van der Waals surface area contributed by atoms with Crippen LogP contribution >= 0.6 is 0 Å². The molecule has 116 valence electrons. The minimum Gasteiger partial charge on any atom is -0.444 e. The first-order valence-corrected chi connectivity index (χ1v) is 7.29. The number of ether oxygens (including phenoxy) is 1. The predicted octanol–water partition coefficient (Wildman–Crippen LogP) is 2.11. The Balaban J connectivity index is 1.97. The Bertz CT molecular complexity index is 499. The summed E-state index contributed by atoms with van der Waals surface area (Å²) in [4.78, 5) is 20.1. The van der Waals surface area contributed by atoms with Gasteiger partial charge in [0, 0.05) is 44.1 Å². The molecule has 0 unspecified atom stereocenters. The van der Waals surface area contributed by atoms with E-state index in [4.69, 9.17) is 10.5 Å². The molecule has 0 aromatic carbocycles. The van der Waals surface area contributed by atoms with E-state index < -0.39 is 5.60 Å². The van der Waals surface area contributed by atoms with Gasteiger partial charge in [0.25, 0.3) is 0 Å². The Labute approximate surface area is 125 Å². The van der Waals surface area contributed by atoms with Crippen molar-refractivity contribution in [1.29, 1.82) is 0 Å². The highest BCUT2D eigenvalue weighted by Gasteiger charge is 2.24. The van der Waals surface area contributed by atoms with E-state index in [2.05, 4.69) is 9.88 Å². The first-order chi connectivity index (χ1) is 9.85. The summed E-state index contributed by atoms with van der Waals surface area (Å²) in [7, 11) is 0. The van der Waals surface area contributed by atoms with Gasteiger partial charge in [-0.05, 0) is 33.3 Å². The quantitative estimate of drug-likeness (QED) is 0.858. The molecule has 21 heavy (non-hydrogen) atoms. The number of carbonyl (C=O) groups excluding carboxylic acids is 1. The SMILES string of the molecule is CC(C)(C)OC(=O)N1CCCN(c2ccnc(N)c2)CC1. The Morgan fingerprint density at radius 2 is 2.05 bits per heavy atom. The van der Waals surface area contributed by atoms with Crippen LogP contribution in [0, 0.1) is 0 Å². The fraction of sp³-hybridized carbons (Fsp3) is 0.600. The second kappa shape index (κ2) is 6.20. The molecule has 0 saturated carbocycles. The van der Waals surface area contributed by atoms with Gasteiger partial charge in [0.2, 0.25) is 0 Å². The van der Waals surface area contributed by atoms with Crippen LogP contribution in [-0.4, -0.2) is 47.8 Å². The topological polar surface area (TPSA) is 71.7 Å². The van der Waals surface area contributed by atoms with Gasteiger partial charge in [-0.25, -0.2) is 9.78 Å². The molecule has 2 heterocycles. The molecule has 2 N–H and O–H groups in total. The Hall–Kier alpha value is -1.98. The monoisotopic (exact) mass is 292 g/mol. The third-order valence-electron chi connectivity index (χ3n) is 3.28. The zero-order valence-corrected chi connectivity index (χ0v) is 13.0. The Morgan fingerprint density at radius 1 is 1.29 bits per heavy atom. The first kappa shape index (κ1) is 15.4. The number of aromatic nitrogens is 1. The summed E-state index contributed by atoms with van der Waals surface area (Å²) in [6.07, 6.45) is 2.38. The second-order valence-electron chi connectivity index (χ2n) is 6.25. The number of pyridine rings is 1. The molecule has 1 aromatic heterocycles. The van der Waals surface area contributed by atoms with Gasteiger partial charge in [-0.15, -0.1) is 0 Å². The molecule has 1 saturated heterocycles. The fourth-order valence-corrected chi connectivity index (χ4v) is 2.32. The maximum atomic E-state index is 12.1. The van der Waals surface area contributed by atoms with Crippen LogP contribution in [0.4, 0.5) is 16.3 Å². The molecule has 0 aliphatic carbocycles. The Kier molecular flexibility index (Phi) is 4.55. The molecular formula is C15H24N4O2. The number of hydrogen-bond acceptors (Lipinski definition) is 5. The van der Waals surface area contributed by atoms with Gasteiger partial charge < -0.3 is 20.3 Å². The van der Waals surface area contributed by atoms with Crippen LogP contribution < -0.4 is 10.6 Å². The molecule has 1 aliphatic heterocycles. The smallest absolute Gasteiger partial charge is 0.410 e. The van der Waals surface area contributed by atoms with Crippen molar-refractivity contribution in [3.8, 4) is 0 Å². The summed E-state index contributed by atoms with van der Waals surface area (Å²) < 4.78 is 5.43. The number of carbonyl (C=O) groups is 1. The Morgan fingerprint density at radius 3 is 2.71 bits per heavy atom. The average molecular weight is 292 g/mol. The third kappa shape index (κ3) is 4.51. The van der Waals surface area contributed by atoms with E-state index in [9.17, 15) is 4.79 Å². The lowest BCUT2D eigenvalue weighted by Gasteiger charge is -2.27. The maximum absolute atomic E-state index is 12.1. The summed E-state index contributed by atoms with van der Waals surface area (Å²) >= 11 is 0. The molecule has 6 nitrogen and oxygen atoms in total. The van der Waals surface area contributed by atoms with E-state index in [1.165, 1.54) is 0 Å². The summed E-state index contributed by atoms with van der Waals surface area (Å²) in [5.74, 6) is 0.515. The summed E-state index contributed by atoms with van der Waals surface area (Å²) in [6, 6.07) is 3.81. The number of rotatable bonds is 1. The van der Waals surface area contributed by atoms with Crippen molar-refractivity contribution in [2.45, 2.75) is 32.8 Å². The van der Waals surface area contributed by atoms with E-state index in [1.54, 1.807) is 11.1 Å². The second-order valence-corrected chi connectivity index (χ2v) is 6.25. The average Bonchev–Trinajstić information content (AvgIpc) is 2.62. The zero-order chi connectivity index (χ0) is 15.5. The highest BCUT2D eigenvalue weighted by atomic mass is 16.6. The van der Waals surface area contributed by atoms with Gasteiger partial charge in [-0.3, -0.25) is 0 Å². The van der Waals surface area contributed by atoms with Crippen molar-refractivity contribution in [3.05, 3.63) is 18.3 Å². The molecule has 0 spiro atoms. The highest BCUT2D eigenvalue weighted by Crippen LogP contribution is 2.18. The molecule has 1 fully saturated rings. The lowest BCUT2D eigenvalue weighted by molar-refractivity contribution is 0.0263. The van der Waals surface area contributed by atoms with Crippen molar-refractivity contribution in [3.63, 3.8) is 0 Å². The van der Waals surface area contributed by atoms with Gasteiger partial charge >= 0.3 is 6.09 Å². The third-order valence-corrected chi connectivity index (χ3v) is 3.28. The lowest BCUT2D eigenvalue weighted by atomic mass is 10.2. The molecule has 1 aromatic rings. The first-order valence-electron chi connectivity index (χ1n) is 7.29. The van der Waals surface area contributed by atoms with Crippen molar-refractivity contribution < 1.29 is 9.53 Å². The van der Waals surface area contributed by atoms with Crippen LogP contribution in [0.15, 0.2) is 18.3 Å². The molecular weight excluding hydrogens is 268 g/mol. The summed E-state index contributed by atoms with van der Waals surface area (Å²) in [5.41, 5.74) is 6.32. The van der Waals surface area contributed by atoms with Crippen molar-refractivity contribution in [2.75, 3.05) is 36.8 Å². The molecule has 0 atom stereocenters. The number of nitrogens with zero attached hydrogens (tertiary/aromatic N) is 3. The van der Waals surface area contributed by atoms with E-state index in [0.717, 1.165) is 25.2 Å². The molecule has 2 rings (SSSR count). The van der Waals surface area contributed by atoms with E-state index in [1.807, 2.05) is 32.9 Å². The van der Waals surface area contributed by atoms with Crippen LogP contribution in [0.3, 0.4) is 0 Å². The maximum Gasteiger partial charge on any atom is 0.410 e. The van der Waals surface area contributed by atoms with Gasteiger partial charge in [0.05, 0.1) is 0 Å². The molecule has 1 amide bonds. The van der Waals surface area contributed by atoms with E-state index in [0.29, 0.717) is 18.9 Å². The van der Waals surface area contributed by atoms with E-state index in [-0.39, 0.29) is 6.09 Å². The van der Waals surface area contributed by atoms with Crippen molar-refractivity contribution >= 4 is 17.6 Å². The minimum atomic E-state index is -0.456. The minimum absolute atomic E-state index is 0.237. The van der Waals surface area contributed by atoms with Gasteiger partial charge in [0.15, 0.2) is 0 Å². The van der Waals surface area contributed by atoms with E-state index >= 15 is 0 Å². The molecule has 6 heteroatoms. The molecule has 1 aliphatic rings. The van der Waals surface area contributed by atoms with Crippen LogP contribution in [0.5, 0.6) is 0 Å². The van der Waals surface area contributed by atoms with Crippen LogP contribution in [0.2, 0.25) is 0 Å². The van der Waals surface area contributed by atoms with Gasteiger partial charge in [-0.2, -0.15) is 0 Å². The van der Waals surface area contributed by atoms with Crippen molar-refractivity contribution in [2.24, 2.45) is 0 Å². The highest BCUT2D eigenvalue weighted by molar-refractivity contribution is 5.68. The molecule has 0 bridgehead atoms. The van der Waals surface area contributed by atoms with Crippen LogP contribution in [-0.2, 0) is 4.74 Å². The zero-order valence-electron chi connectivity index (χ0n) is 13.0. The fourth-order valence-electron chi connectivity index (χ4n) is 2.32. The number of amides is 1. The van der Waals surface area contributed by atoms with Gasteiger partial charge in [-0.1, -0.05) is 0 Å². The normalized spacial score (nSPS) is 16.5. The predicted molar refractivity (Wildman–Crippen MR) is 83.3 cm³/mol. The van der Waals surface area contributed by atoms with Crippen LogP contribution in [0.1, 0.15) is 27.2 Å². The van der Waals surface area contributed by atoms with Crippen molar-refractivity contribution in [1.82, 2.24) is 9.88 Å². The number of nitrogen functional groups attached to an aromatic ring is 1. The lowest BCUT2D eigenvalue weighted by Crippen LogP contribution is -2.39. The largest absolute Gasteiger partial charge is 0.444 e. The number of anilines is 2. The molecule has 0 radical (unpaired) electrons. The van der Waals surface area contributed by atoms with Gasteiger partial charge in [0.1, 0.15) is 11.4 Å². The number of hydrogen-bond donors (Lipinski definition) is 1. The summed E-state index contributed by atoms with van der Waals surface area (Å²) in [5, 5.41) is 0.